The van der Waals surface area contributed by atoms with Crippen molar-refractivity contribution in [1.82, 2.24) is 20.5 Å². The Morgan fingerprint density at radius 3 is 2.70 bits per heavy atom. The van der Waals surface area contributed by atoms with Gasteiger partial charge in [-0.05, 0) is 48.6 Å². The topological polar surface area (TPSA) is 70.4 Å². The highest BCUT2D eigenvalue weighted by atomic mass is 127. The second kappa shape index (κ2) is 12.2. The number of aryl methyl sites for hydroxylation is 1. The largest absolute Gasteiger partial charge is 0.357 e. The summed E-state index contributed by atoms with van der Waals surface area (Å²) >= 11 is 0. The van der Waals surface area contributed by atoms with E-state index in [4.69, 9.17) is 0 Å². The molecule has 0 fully saturated rings. The fourth-order valence-corrected chi connectivity index (χ4v) is 3.26. The standard InChI is InChI=1S/C23H29N5O.HI/c1-3-25-23(27-17-18-8-6-10-20(16-18)22(29)24-2)26-13-7-14-28-15-12-19-9-4-5-11-21(19)28;/h4-6,8-12,15-16H,3,7,13-14,17H2,1-2H3,(H,24,29)(H2,25,26,27);1H. The molecule has 2 aromatic carbocycles. The maximum Gasteiger partial charge on any atom is 0.251 e. The molecule has 0 radical (unpaired) electrons. The first-order valence-electron chi connectivity index (χ1n) is 10.1. The van der Waals surface area contributed by atoms with Gasteiger partial charge in [0.1, 0.15) is 0 Å². The Hall–Kier alpha value is -2.55. The number of aromatic nitrogens is 1. The first kappa shape index (κ1) is 23.7. The Morgan fingerprint density at radius 2 is 1.90 bits per heavy atom. The summed E-state index contributed by atoms with van der Waals surface area (Å²) < 4.78 is 2.28. The SMILES string of the molecule is CCNC(=NCc1cccc(C(=O)NC)c1)NCCCn1ccc2ccccc21.I. The molecule has 0 aliphatic rings. The lowest BCUT2D eigenvalue weighted by Gasteiger charge is -2.12. The van der Waals surface area contributed by atoms with E-state index in [1.807, 2.05) is 18.2 Å². The summed E-state index contributed by atoms with van der Waals surface area (Å²) in [5.74, 6) is 0.702. The van der Waals surface area contributed by atoms with Gasteiger partial charge < -0.3 is 20.5 Å². The van der Waals surface area contributed by atoms with Crippen LogP contribution in [0.3, 0.4) is 0 Å². The fraction of sp³-hybridized carbons (Fsp3) is 0.304. The van der Waals surface area contributed by atoms with Gasteiger partial charge in [0.25, 0.3) is 5.91 Å². The number of aliphatic imine (C=N–C) groups is 1. The van der Waals surface area contributed by atoms with E-state index < -0.39 is 0 Å². The zero-order valence-corrected chi connectivity index (χ0v) is 19.9. The first-order valence-corrected chi connectivity index (χ1v) is 10.1. The highest BCUT2D eigenvalue weighted by Crippen LogP contribution is 2.15. The van der Waals surface area contributed by atoms with Gasteiger partial charge in [-0.2, -0.15) is 0 Å². The molecule has 7 heteroatoms. The van der Waals surface area contributed by atoms with E-state index in [1.54, 1.807) is 13.1 Å². The molecule has 3 rings (SSSR count). The Labute approximate surface area is 195 Å². The number of rotatable bonds is 8. The van der Waals surface area contributed by atoms with Crippen molar-refractivity contribution in [2.75, 3.05) is 20.1 Å². The maximum atomic E-state index is 11.8. The fourth-order valence-electron chi connectivity index (χ4n) is 3.26. The van der Waals surface area contributed by atoms with Crippen LogP contribution >= 0.6 is 24.0 Å². The number of guanidine groups is 1. The third-order valence-corrected chi connectivity index (χ3v) is 4.73. The summed E-state index contributed by atoms with van der Waals surface area (Å²) in [6, 6.07) is 18.1. The van der Waals surface area contributed by atoms with E-state index in [0.717, 1.165) is 37.6 Å². The van der Waals surface area contributed by atoms with Crippen LogP contribution in [0.2, 0.25) is 0 Å². The van der Waals surface area contributed by atoms with Crippen LogP contribution in [0.15, 0.2) is 65.8 Å². The molecule has 1 heterocycles. The van der Waals surface area contributed by atoms with Gasteiger partial charge in [-0.1, -0.05) is 30.3 Å². The molecule has 0 spiro atoms. The van der Waals surface area contributed by atoms with Crippen molar-refractivity contribution < 1.29 is 4.79 Å². The average molecular weight is 519 g/mol. The van der Waals surface area contributed by atoms with Crippen LogP contribution in [0.25, 0.3) is 10.9 Å². The van der Waals surface area contributed by atoms with Gasteiger partial charge in [0.2, 0.25) is 0 Å². The van der Waals surface area contributed by atoms with Crippen molar-refractivity contribution in [1.29, 1.82) is 0 Å². The van der Waals surface area contributed by atoms with Gasteiger partial charge in [0.15, 0.2) is 5.96 Å². The third-order valence-electron chi connectivity index (χ3n) is 4.73. The summed E-state index contributed by atoms with van der Waals surface area (Å²) in [5, 5.41) is 10.6. The van der Waals surface area contributed by atoms with E-state index >= 15 is 0 Å². The number of fused-ring (bicyclic) bond motifs is 1. The van der Waals surface area contributed by atoms with Crippen molar-refractivity contribution in [3.05, 3.63) is 71.9 Å². The predicted octanol–water partition coefficient (Wildman–Crippen LogP) is 3.76. The van der Waals surface area contributed by atoms with Crippen LogP contribution in [0, 0.1) is 0 Å². The van der Waals surface area contributed by atoms with Crippen LogP contribution in [0.1, 0.15) is 29.3 Å². The molecular weight excluding hydrogens is 489 g/mol. The molecule has 30 heavy (non-hydrogen) atoms. The molecule has 0 atom stereocenters. The Morgan fingerprint density at radius 1 is 1.07 bits per heavy atom. The normalized spacial score (nSPS) is 11.1. The molecule has 1 aromatic heterocycles. The molecule has 0 saturated carbocycles. The Bertz CT molecular complexity index is 982. The summed E-state index contributed by atoms with van der Waals surface area (Å²) in [7, 11) is 1.64. The molecule has 1 amide bonds. The number of carbonyl (C=O) groups excluding carboxylic acids is 1. The number of hydrogen-bond donors (Lipinski definition) is 3. The second-order valence-electron chi connectivity index (χ2n) is 6.82. The minimum absolute atomic E-state index is 0. The number of halogens is 1. The number of amides is 1. The van der Waals surface area contributed by atoms with Gasteiger partial charge in [-0.25, -0.2) is 4.99 Å². The lowest BCUT2D eigenvalue weighted by Crippen LogP contribution is -2.38. The number of nitrogens with zero attached hydrogens (tertiary/aromatic N) is 2. The quantitative estimate of drug-likeness (QED) is 0.184. The second-order valence-corrected chi connectivity index (χ2v) is 6.82. The number of nitrogens with one attached hydrogen (secondary N) is 3. The molecule has 0 aliphatic carbocycles. The lowest BCUT2D eigenvalue weighted by atomic mass is 10.1. The molecule has 0 bridgehead atoms. The zero-order valence-electron chi connectivity index (χ0n) is 17.5. The zero-order chi connectivity index (χ0) is 20.5. The summed E-state index contributed by atoms with van der Waals surface area (Å²) in [6.45, 7) is 5.15. The third kappa shape index (κ3) is 6.48. The highest BCUT2D eigenvalue weighted by Gasteiger charge is 2.04. The van der Waals surface area contributed by atoms with E-state index in [0.29, 0.717) is 12.1 Å². The number of carbonyl (C=O) groups is 1. The van der Waals surface area contributed by atoms with Crippen molar-refractivity contribution in [3.8, 4) is 0 Å². The van der Waals surface area contributed by atoms with Gasteiger partial charge in [0.05, 0.1) is 6.54 Å². The molecule has 0 aliphatic heterocycles. The van der Waals surface area contributed by atoms with Gasteiger partial charge >= 0.3 is 0 Å². The first-order chi connectivity index (χ1) is 14.2. The monoisotopic (exact) mass is 519 g/mol. The van der Waals surface area contributed by atoms with Crippen LogP contribution in [-0.2, 0) is 13.1 Å². The van der Waals surface area contributed by atoms with Crippen molar-refractivity contribution >= 4 is 46.7 Å². The van der Waals surface area contributed by atoms with Crippen molar-refractivity contribution in [2.45, 2.75) is 26.4 Å². The highest BCUT2D eigenvalue weighted by molar-refractivity contribution is 14.0. The van der Waals surface area contributed by atoms with Crippen molar-refractivity contribution in [2.24, 2.45) is 4.99 Å². The van der Waals surface area contributed by atoms with Crippen LogP contribution in [0.5, 0.6) is 0 Å². The van der Waals surface area contributed by atoms with Gasteiger partial charge in [0, 0.05) is 44.0 Å². The van der Waals surface area contributed by atoms with Crippen molar-refractivity contribution in [3.63, 3.8) is 0 Å². The minimum Gasteiger partial charge on any atom is -0.357 e. The molecule has 3 aromatic rings. The molecular formula is C23H30IN5O. The lowest BCUT2D eigenvalue weighted by molar-refractivity contribution is 0.0963. The summed E-state index contributed by atoms with van der Waals surface area (Å²) in [6.07, 6.45) is 3.14. The minimum atomic E-state index is -0.0848. The number of benzene rings is 2. The molecule has 3 N–H and O–H groups in total. The molecule has 0 unspecified atom stereocenters. The number of hydrogen-bond acceptors (Lipinski definition) is 2. The van der Waals surface area contributed by atoms with Crippen LogP contribution in [-0.4, -0.2) is 36.6 Å². The molecule has 160 valence electrons. The average Bonchev–Trinajstić information content (AvgIpc) is 3.17. The van der Waals surface area contributed by atoms with Crippen LogP contribution in [0.4, 0.5) is 0 Å². The summed E-state index contributed by atoms with van der Waals surface area (Å²) in [4.78, 5) is 16.4. The van der Waals surface area contributed by atoms with E-state index in [1.165, 1.54) is 10.9 Å². The summed E-state index contributed by atoms with van der Waals surface area (Å²) in [5.41, 5.74) is 2.92. The number of para-hydroxylation sites is 1. The van der Waals surface area contributed by atoms with E-state index in [9.17, 15) is 4.79 Å². The predicted molar refractivity (Wildman–Crippen MR) is 135 cm³/mol. The van der Waals surface area contributed by atoms with Gasteiger partial charge in [-0.15, -0.1) is 24.0 Å². The Balaban J connectivity index is 0.00000320. The Kier molecular flexibility index (Phi) is 9.66. The maximum absolute atomic E-state index is 11.8. The van der Waals surface area contributed by atoms with E-state index in [-0.39, 0.29) is 29.9 Å². The smallest absolute Gasteiger partial charge is 0.251 e. The molecule has 0 saturated heterocycles. The van der Waals surface area contributed by atoms with Crippen LogP contribution < -0.4 is 16.0 Å². The van der Waals surface area contributed by atoms with Gasteiger partial charge in [-0.3, -0.25) is 4.79 Å². The molecule has 6 nitrogen and oxygen atoms in total. The van der Waals surface area contributed by atoms with E-state index in [2.05, 4.69) is 69.0 Å².